The molecule has 1 fully saturated rings. The predicted molar refractivity (Wildman–Crippen MR) is 70.9 cm³/mol. The van der Waals surface area contributed by atoms with Crippen molar-refractivity contribution in [1.29, 1.82) is 5.26 Å². The van der Waals surface area contributed by atoms with Gasteiger partial charge in [-0.1, -0.05) is 24.3 Å². The summed E-state index contributed by atoms with van der Waals surface area (Å²) in [5.41, 5.74) is 1.96. The van der Waals surface area contributed by atoms with E-state index in [4.69, 9.17) is 5.26 Å². The van der Waals surface area contributed by atoms with E-state index in [1.165, 1.54) is 0 Å². The summed E-state index contributed by atoms with van der Waals surface area (Å²) in [6.07, 6.45) is 2.10. The molecule has 1 aromatic carbocycles. The zero-order chi connectivity index (χ0) is 13.2. The van der Waals surface area contributed by atoms with Gasteiger partial charge in [0.25, 0.3) is 0 Å². The number of benzene rings is 1. The molecule has 1 atom stereocenters. The Balaban J connectivity index is 1.90. The summed E-state index contributed by atoms with van der Waals surface area (Å²) in [5.74, 6) is -0.116. The molecule has 0 radical (unpaired) electrons. The normalized spacial score (nSPS) is 18.8. The lowest BCUT2D eigenvalue weighted by Crippen LogP contribution is -2.24. The Morgan fingerprint density at radius 3 is 3.00 bits per heavy atom. The van der Waals surface area contributed by atoms with Gasteiger partial charge in [0.05, 0.1) is 17.5 Å². The molecule has 1 unspecified atom stereocenters. The minimum Gasteiger partial charge on any atom is -0.337 e. The lowest BCUT2D eigenvalue weighted by atomic mass is 10.1. The summed E-state index contributed by atoms with van der Waals surface area (Å²) in [4.78, 5) is 18.0. The lowest BCUT2D eigenvalue weighted by Gasteiger charge is -2.16. The van der Waals surface area contributed by atoms with Gasteiger partial charge < -0.3 is 4.90 Å². The Bertz CT molecular complexity index is 669. The molecule has 19 heavy (non-hydrogen) atoms. The summed E-state index contributed by atoms with van der Waals surface area (Å²) in [6.45, 7) is 1.06. The van der Waals surface area contributed by atoms with E-state index in [0.29, 0.717) is 19.5 Å². The largest absolute Gasteiger partial charge is 0.337 e. The van der Waals surface area contributed by atoms with E-state index < -0.39 is 0 Å². The molecule has 0 bridgehead atoms. The zero-order valence-electron chi connectivity index (χ0n) is 10.4. The SMILES string of the molecule is N#CC1CC(=O)N(Cc2cccc3cccnc23)C1. The van der Waals surface area contributed by atoms with E-state index in [0.717, 1.165) is 16.5 Å². The number of pyridine rings is 1. The number of aromatic nitrogens is 1. The highest BCUT2D eigenvalue weighted by atomic mass is 16.2. The molecule has 94 valence electrons. The number of hydrogen-bond acceptors (Lipinski definition) is 3. The Morgan fingerprint density at radius 1 is 1.37 bits per heavy atom. The highest BCUT2D eigenvalue weighted by Gasteiger charge is 2.29. The lowest BCUT2D eigenvalue weighted by molar-refractivity contribution is -0.128. The van der Waals surface area contributed by atoms with Crippen molar-refractivity contribution in [2.45, 2.75) is 13.0 Å². The van der Waals surface area contributed by atoms with Crippen molar-refractivity contribution in [3.05, 3.63) is 42.1 Å². The highest BCUT2D eigenvalue weighted by Crippen LogP contribution is 2.22. The fourth-order valence-electron chi connectivity index (χ4n) is 2.51. The van der Waals surface area contributed by atoms with Crippen molar-refractivity contribution in [3.63, 3.8) is 0 Å². The molecule has 0 spiro atoms. The van der Waals surface area contributed by atoms with Crippen LogP contribution in [-0.2, 0) is 11.3 Å². The maximum Gasteiger partial charge on any atom is 0.224 e. The van der Waals surface area contributed by atoms with E-state index in [9.17, 15) is 4.79 Å². The van der Waals surface area contributed by atoms with Gasteiger partial charge in [0.2, 0.25) is 5.91 Å². The molecular weight excluding hydrogens is 238 g/mol. The number of amides is 1. The fraction of sp³-hybridized carbons (Fsp3) is 0.267. The minimum atomic E-state index is -0.171. The van der Waals surface area contributed by atoms with Gasteiger partial charge in [0.15, 0.2) is 0 Å². The Morgan fingerprint density at radius 2 is 2.21 bits per heavy atom. The maximum absolute atomic E-state index is 11.8. The molecule has 1 amide bonds. The molecule has 1 aromatic heterocycles. The first-order chi connectivity index (χ1) is 9.28. The molecule has 2 heterocycles. The van der Waals surface area contributed by atoms with Crippen LogP contribution in [-0.4, -0.2) is 22.3 Å². The molecule has 1 aliphatic rings. The second-order valence-electron chi connectivity index (χ2n) is 4.80. The van der Waals surface area contributed by atoms with E-state index in [2.05, 4.69) is 11.1 Å². The number of fused-ring (bicyclic) bond motifs is 1. The number of para-hydroxylation sites is 1. The van der Waals surface area contributed by atoms with Gasteiger partial charge in [-0.25, -0.2) is 0 Å². The number of carbonyl (C=O) groups is 1. The number of carbonyl (C=O) groups excluding carboxylic acids is 1. The van der Waals surface area contributed by atoms with Crippen LogP contribution in [0.5, 0.6) is 0 Å². The topological polar surface area (TPSA) is 57.0 Å². The van der Waals surface area contributed by atoms with Crippen molar-refractivity contribution >= 4 is 16.8 Å². The first-order valence-electron chi connectivity index (χ1n) is 6.28. The van der Waals surface area contributed by atoms with Gasteiger partial charge >= 0.3 is 0 Å². The van der Waals surface area contributed by atoms with Gasteiger partial charge in [0.1, 0.15) is 0 Å². The second kappa shape index (κ2) is 4.69. The molecule has 0 N–H and O–H groups in total. The first-order valence-corrected chi connectivity index (χ1v) is 6.28. The summed E-state index contributed by atoms with van der Waals surface area (Å²) >= 11 is 0. The fourth-order valence-corrected chi connectivity index (χ4v) is 2.51. The van der Waals surface area contributed by atoms with Crippen LogP contribution in [0.1, 0.15) is 12.0 Å². The van der Waals surface area contributed by atoms with Gasteiger partial charge in [-0.05, 0) is 11.6 Å². The van der Waals surface area contributed by atoms with E-state index in [-0.39, 0.29) is 11.8 Å². The van der Waals surface area contributed by atoms with Gasteiger partial charge in [-0.3, -0.25) is 9.78 Å². The summed E-state index contributed by atoms with van der Waals surface area (Å²) in [6, 6.07) is 12.1. The van der Waals surface area contributed by atoms with Crippen LogP contribution in [0, 0.1) is 17.2 Å². The van der Waals surface area contributed by atoms with E-state index in [1.54, 1.807) is 11.1 Å². The van der Waals surface area contributed by atoms with Crippen molar-refractivity contribution < 1.29 is 4.79 Å². The minimum absolute atomic E-state index is 0.0551. The standard InChI is InChI=1S/C15H13N3O/c16-8-11-7-14(19)18(9-11)10-13-4-1-3-12-5-2-6-17-15(12)13/h1-6,11H,7,9-10H2. The number of hydrogen-bond donors (Lipinski definition) is 0. The third-order valence-corrected chi connectivity index (χ3v) is 3.47. The Labute approximate surface area is 111 Å². The van der Waals surface area contributed by atoms with E-state index in [1.807, 2.05) is 30.3 Å². The molecule has 2 aromatic rings. The monoisotopic (exact) mass is 251 g/mol. The third kappa shape index (κ3) is 2.15. The molecular formula is C15H13N3O. The van der Waals surface area contributed by atoms with Crippen LogP contribution in [0.4, 0.5) is 0 Å². The van der Waals surface area contributed by atoms with Crippen LogP contribution < -0.4 is 0 Å². The van der Waals surface area contributed by atoms with Crippen molar-refractivity contribution in [3.8, 4) is 6.07 Å². The van der Waals surface area contributed by atoms with Crippen molar-refractivity contribution in [2.75, 3.05) is 6.54 Å². The molecule has 4 heteroatoms. The first kappa shape index (κ1) is 11.7. The van der Waals surface area contributed by atoms with Crippen LogP contribution >= 0.6 is 0 Å². The Kier molecular flexibility index (Phi) is 2.88. The molecule has 3 rings (SSSR count). The summed E-state index contributed by atoms with van der Waals surface area (Å²) in [5, 5.41) is 9.97. The summed E-state index contributed by atoms with van der Waals surface area (Å²) < 4.78 is 0. The molecule has 0 saturated carbocycles. The third-order valence-electron chi connectivity index (χ3n) is 3.47. The quantitative estimate of drug-likeness (QED) is 0.821. The summed E-state index contributed by atoms with van der Waals surface area (Å²) in [7, 11) is 0. The van der Waals surface area contributed by atoms with Crippen LogP contribution in [0.15, 0.2) is 36.5 Å². The number of rotatable bonds is 2. The van der Waals surface area contributed by atoms with Crippen molar-refractivity contribution in [2.24, 2.45) is 5.92 Å². The van der Waals surface area contributed by atoms with Crippen LogP contribution in [0.3, 0.4) is 0 Å². The maximum atomic E-state index is 11.8. The van der Waals surface area contributed by atoms with Gasteiger partial charge in [-0.2, -0.15) is 5.26 Å². The Hall–Kier alpha value is -2.41. The molecule has 1 saturated heterocycles. The van der Waals surface area contributed by atoms with Gasteiger partial charge in [0, 0.05) is 31.1 Å². The molecule has 0 aliphatic carbocycles. The number of nitrogens with zero attached hydrogens (tertiary/aromatic N) is 3. The second-order valence-corrected chi connectivity index (χ2v) is 4.80. The predicted octanol–water partition coefficient (Wildman–Crippen LogP) is 2.11. The van der Waals surface area contributed by atoms with Gasteiger partial charge in [-0.15, -0.1) is 0 Å². The van der Waals surface area contributed by atoms with Crippen LogP contribution in [0.25, 0.3) is 10.9 Å². The molecule has 1 aliphatic heterocycles. The zero-order valence-corrected chi connectivity index (χ0v) is 10.4. The van der Waals surface area contributed by atoms with Crippen molar-refractivity contribution in [1.82, 2.24) is 9.88 Å². The smallest absolute Gasteiger partial charge is 0.224 e. The average Bonchev–Trinajstić information content (AvgIpc) is 2.80. The highest BCUT2D eigenvalue weighted by molar-refractivity contribution is 5.83. The number of nitriles is 1. The number of likely N-dealkylation sites (tertiary alicyclic amines) is 1. The van der Waals surface area contributed by atoms with E-state index >= 15 is 0 Å². The molecule has 4 nitrogen and oxygen atoms in total. The average molecular weight is 251 g/mol. The van der Waals surface area contributed by atoms with Crippen LogP contribution in [0.2, 0.25) is 0 Å².